The van der Waals surface area contributed by atoms with Gasteiger partial charge in [-0.3, -0.25) is 4.79 Å². The molecule has 3 N–H and O–H groups in total. The first-order valence-electron chi connectivity index (χ1n) is 3.72. The van der Waals surface area contributed by atoms with Gasteiger partial charge in [0.05, 0.1) is 12.8 Å². The molecule has 72 valence electrons. The van der Waals surface area contributed by atoms with Crippen LogP contribution in [0.3, 0.4) is 0 Å². The lowest BCUT2D eigenvalue weighted by atomic mass is 10.5. The molecule has 0 unspecified atom stereocenters. The number of carbonyl (C=O) groups is 1. The van der Waals surface area contributed by atoms with E-state index < -0.39 is 0 Å². The minimum Gasteiger partial charge on any atom is -0.383 e. The minimum absolute atomic E-state index is 0.161. The second-order valence-corrected chi connectivity index (χ2v) is 3.37. The molecule has 0 aliphatic carbocycles. The Morgan fingerprint density at radius 2 is 2.62 bits per heavy atom. The standard InChI is InChI=1S/C7H11N3O2S/c1-12-3-2-9-6(11)5-4-10-7(8)13-5/h4H,2-3H2,1H3,(H2,8,10)(H,9,11). The molecule has 0 fully saturated rings. The molecule has 1 aromatic rings. The van der Waals surface area contributed by atoms with Crippen molar-refractivity contribution in [1.82, 2.24) is 10.3 Å². The third kappa shape index (κ3) is 3.00. The molecule has 1 rings (SSSR count). The zero-order valence-electron chi connectivity index (χ0n) is 7.24. The Kier molecular flexibility index (Phi) is 3.66. The average Bonchev–Trinajstić information content (AvgIpc) is 2.52. The summed E-state index contributed by atoms with van der Waals surface area (Å²) in [5.41, 5.74) is 5.37. The third-order valence-electron chi connectivity index (χ3n) is 1.34. The molecule has 6 heteroatoms. The smallest absolute Gasteiger partial charge is 0.263 e. The van der Waals surface area contributed by atoms with Gasteiger partial charge in [-0.15, -0.1) is 0 Å². The number of ether oxygens (including phenoxy) is 1. The summed E-state index contributed by atoms with van der Waals surface area (Å²) in [6.07, 6.45) is 1.46. The van der Waals surface area contributed by atoms with Crippen LogP contribution in [-0.4, -0.2) is 31.2 Å². The van der Waals surface area contributed by atoms with Gasteiger partial charge in [-0.05, 0) is 0 Å². The highest BCUT2D eigenvalue weighted by Gasteiger charge is 2.07. The van der Waals surface area contributed by atoms with Crippen molar-refractivity contribution in [3.8, 4) is 0 Å². The molecule has 13 heavy (non-hydrogen) atoms. The number of aromatic nitrogens is 1. The van der Waals surface area contributed by atoms with E-state index in [0.717, 1.165) is 0 Å². The fourth-order valence-electron chi connectivity index (χ4n) is 0.746. The summed E-state index contributed by atoms with van der Waals surface area (Å²) in [5.74, 6) is -0.161. The first-order chi connectivity index (χ1) is 6.24. The van der Waals surface area contributed by atoms with Crippen molar-refractivity contribution in [3.05, 3.63) is 11.1 Å². The second-order valence-electron chi connectivity index (χ2n) is 2.31. The highest BCUT2D eigenvalue weighted by Crippen LogP contribution is 2.13. The number of rotatable bonds is 4. The number of nitrogens with zero attached hydrogens (tertiary/aromatic N) is 1. The van der Waals surface area contributed by atoms with E-state index in [1.165, 1.54) is 17.5 Å². The maximum Gasteiger partial charge on any atom is 0.263 e. The van der Waals surface area contributed by atoms with E-state index in [9.17, 15) is 4.79 Å². The molecule has 0 aliphatic heterocycles. The number of methoxy groups -OCH3 is 1. The summed E-state index contributed by atoms with van der Waals surface area (Å²) >= 11 is 1.17. The molecule has 0 aromatic carbocycles. The largest absolute Gasteiger partial charge is 0.383 e. The van der Waals surface area contributed by atoms with E-state index in [0.29, 0.717) is 23.2 Å². The van der Waals surface area contributed by atoms with Crippen molar-refractivity contribution in [2.45, 2.75) is 0 Å². The van der Waals surface area contributed by atoms with Gasteiger partial charge >= 0.3 is 0 Å². The number of carbonyl (C=O) groups excluding carboxylic acids is 1. The van der Waals surface area contributed by atoms with Gasteiger partial charge in [-0.2, -0.15) is 0 Å². The molecule has 0 saturated heterocycles. The molecule has 0 bridgehead atoms. The molecule has 1 aromatic heterocycles. The number of nitrogen functional groups attached to an aromatic ring is 1. The van der Waals surface area contributed by atoms with Crippen molar-refractivity contribution in [2.24, 2.45) is 0 Å². The van der Waals surface area contributed by atoms with Crippen molar-refractivity contribution >= 4 is 22.4 Å². The quantitative estimate of drug-likeness (QED) is 0.677. The lowest BCUT2D eigenvalue weighted by molar-refractivity contribution is 0.0941. The SMILES string of the molecule is COCCNC(=O)c1cnc(N)s1. The number of nitrogens with two attached hydrogens (primary N) is 1. The average molecular weight is 201 g/mol. The van der Waals surface area contributed by atoms with Crippen molar-refractivity contribution in [2.75, 3.05) is 26.0 Å². The van der Waals surface area contributed by atoms with Gasteiger partial charge in [-0.25, -0.2) is 4.98 Å². The first-order valence-corrected chi connectivity index (χ1v) is 4.54. The normalized spacial score (nSPS) is 9.92. The van der Waals surface area contributed by atoms with Crippen LogP contribution in [0.5, 0.6) is 0 Å². The summed E-state index contributed by atoms with van der Waals surface area (Å²) in [7, 11) is 1.58. The Morgan fingerprint density at radius 3 is 3.15 bits per heavy atom. The topological polar surface area (TPSA) is 77.2 Å². The van der Waals surface area contributed by atoms with Crippen LogP contribution in [0.25, 0.3) is 0 Å². The second kappa shape index (κ2) is 4.78. The molecule has 0 radical (unpaired) electrons. The molecule has 1 amide bonds. The molecular formula is C7H11N3O2S. The van der Waals surface area contributed by atoms with E-state index in [4.69, 9.17) is 10.5 Å². The van der Waals surface area contributed by atoms with Gasteiger partial charge in [0.25, 0.3) is 5.91 Å². The van der Waals surface area contributed by atoms with Gasteiger partial charge in [0.15, 0.2) is 5.13 Å². The Labute approximate surface area is 79.9 Å². The lowest BCUT2D eigenvalue weighted by Crippen LogP contribution is -2.26. The number of anilines is 1. The van der Waals surface area contributed by atoms with E-state index in [-0.39, 0.29) is 5.91 Å². The molecule has 5 nitrogen and oxygen atoms in total. The van der Waals surface area contributed by atoms with Gasteiger partial charge in [0, 0.05) is 13.7 Å². The molecule has 0 saturated carbocycles. The van der Waals surface area contributed by atoms with Crippen LogP contribution in [0.1, 0.15) is 9.67 Å². The molecule has 0 spiro atoms. The maximum atomic E-state index is 11.3. The third-order valence-corrected chi connectivity index (χ3v) is 2.16. The van der Waals surface area contributed by atoms with Crippen LogP contribution in [-0.2, 0) is 4.74 Å². The number of nitrogens with one attached hydrogen (secondary N) is 1. The predicted octanol–water partition coefficient (Wildman–Crippen LogP) is 0.101. The summed E-state index contributed by atoms with van der Waals surface area (Å²) in [6.45, 7) is 0.993. The van der Waals surface area contributed by atoms with E-state index in [1.807, 2.05) is 0 Å². The van der Waals surface area contributed by atoms with Crippen LogP contribution >= 0.6 is 11.3 Å². The molecule has 0 aliphatic rings. The first kappa shape index (κ1) is 9.94. The van der Waals surface area contributed by atoms with Crippen molar-refractivity contribution in [1.29, 1.82) is 0 Å². The fraction of sp³-hybridized carbons (Fsp3) is 0.429. The van der Waals surface area contributed by atoms with Crippen LogP contribution in [0.4, 0.5) is 5.13 Å². The monoisotopic (exact) mass is 201 g/mol. The van der Waals surface area contributed by atoms with Gasteiger partial charge < -0.3 is 15.8 Å². The predicted molar refractivity (Wildman–Crippen MR) is 50.7 cm³/mol. The van der Waals surface area contributed by atoms with Crippen LogP contribution in [0.15, 0.2) is 6.20 Å². The highest BCUT2D eigenvalue weighted by atomic mass is 32.1. The lowest BCUT2D eigenvalue weighted by Gasteiger charge is -2.00. The summed E-state index contributed by atoms with van der Waals surface area (Å²) < 4.78 is 4.78. The summed E-state index contributed by atoms with van der Waals surface area (Å²) in [4.78, 5) is 15.6. The molecule has 1 heterocycles. The number of hydrogen-bond acceptors (Lipinski definition) is 5. The summed E-state index contributed by atoms with van der Waals surface area (Å²) in [6, 6.07) is 0. The Balaban J connectivity index is 2.40. The van der Waals surface area contributed by atoms with Crippen LogP contribution < -0.4 is 11.1 Å². The highest BCUT2D eigenvalue weighted by molar-refractivity contribution is 7.17. The van der Waals surface area contributed by atoms with E-state index in [1.54, 1.807) is 7.11 Å². The van der Waals surface area contributed by atoms with E-state index >= 15 is 0 Å². The van der Waals surface area contributed by atoms with Crippen LogP contribution in [0, 0.1) is 0 Å². The van der Waals surface area contributed by atoms with E-state index in [2.05, 4.69) is 10.3 Å². The zero-order valence-corrected chi connectivity index (χ0v) is 8.06. The summed E-state index contributed by atoms with van der Waals surface area (Å²) in [5, 5.41) is 3.06. The van der Waals surface area contributed by atoms with Crippen LogP contribution in [0.2, 0.25) is 0 Å². The number of thiazole rings is 1. The van der Waals surface area contributed by atoms with Crippen molar-refractivity contribution < 1.29 is 9.53 Å². The minimum atomic E-state index is -0.161. The number of amides is 1. The fourth-order valence-corrected chi connectivity index (χ4v) is 1.35. The van der Waals surface area contributed by atoms with Gasteiger partial charge in [0.1, 0.15) is 4.88 Å². The Hall–Kier alpha value is -1.14. The Morgan fingerprint density at radius 1 is 1.85 bits per heavy atom. The van der Waals surface area contributed by atoms with Crippen molar-refractivity contribution in [3.63, 3.8) is 0 Å². The van der Waals surface area contributed by atoms with Gasteiger partial charge in [0.2, 0.25) is 0 Å². The molecule has 0 atom stereocenters. The Bertz CT molecular complexity index is 287. The zero-order chi connectivity index (χ0) is 9.68. The molecular weight excluding hydrogens is 190 g/mol. The number of hydrogen-bond donors (Lipinski definition) is 2. The van der Waals surface area contributed by atoms with Gasteiger partial charge in [-0.1, -0.05) is 11.3 Å². The maximum absolute atomic E-state index is 11.3.